The van der Waals surface area contributed by atoms with Crippen LogP contribution in [0.1, 0.15) is 52.4 Å². The maximum absolute atomic E-state index is 14.7. The van der Waals surface area contributed by atoms with Gasteiger partial charge in [0.2, 0.25) is 11.8 Å². The van der Waals surface area contributed by atoms with E-state index in [2.05, 4.69) is 4.74 Å². The number of nitrogens with zero attached hydrogens (tertiary/aromatic N) is 2. The van der Waals surface area contributed by atoms with E-state index in [1.54, 1.807) is 18.7 Å². The topological polar surface area (TPSA) is 59.1 Å². The summed E-state index contributed by atoms with van der Waals surface area (Å²) in [6.45, 7) is 3.90. The van der Waals surface area contributed by atoms with Gasteiger partial charge in [0, 0.05) is 45.1 Å². The first kappa shape index (κ1) is 26.1. The van der Waals surface area contributed by atoms with Gasteiger partial charge in [0.1, 0.15) is 12.3 Å². The molecule has 2 aliphatic carbocycles. The van der Waals surface area contributed by atoms with Gasteiger partial charge in [-0.15, -0.1) is 13.2 Å². The van der Waals surface area contributed by atoms with Gasteiger partial charge in [0.15, 0.2) is 0 Å². The van der Waals surface area contributed by atoms with Gasteiger partial charge >= 0.3 is 6.36 Å². The van der Waals surface area contributed by atoms with Gasteiger partial charge in [-0.05, 0) is 39.5 Å². The minimum absolute atomic E-state index is 0.0361. The van der Waals surface area contributed by atoms with Gasteiger partial charge in [0.25, 0.3) is 0 Å². The fourth-order valence-electron chi connectivity index (χ4n) is 5.59. The number of carbonyl (C=O) groups excluding carboxylic acids is 2. The number of methoxy groups -OCH3 is 1. The van der Waals surface area contributed by atoms with Gasteiger partial charge in [-0.2, -0.15) is 0 Å². The molecule has 8 atom stereocenters. The zero-order valence-electron chi connectivity index (χ0n) is 19.2. The predicted molar refractivity (Wildman–Crippen MR) is 109 cm³/mol. The molecule has 3 fully saturated rings. The van der Waals surface area contributed by atoms with Gasteiger partial charge in [-0.1, -0.05) is 0 Å². The van der Waals surface area contributed by atoms with Crippen LogP contribution in [0.4, 0.5) is 22.0 Å². The number of piperazine rings is 1. The van der Waals surface area contributed by atoms with Crippen LogP contribution in [0.3, 0.4) is 0 Å². The number of halogens is 5. The van der Waals surface area contributed by atoms with Crippen LogP contribution in [0.15, 0.2) is 0 Å². The van der Waals surface area contributed by atoms with E-state index < -0.39 is 61.1 Å². The van der Waals surface area contributed by atoms with Crippen LogP contribution in [-0.4, -0.2) is 84.8 Å². The number of hydrogen-bond donors (Lipinski definition) is 0. The molecule has 190 valence electrons. The molecule has 6 nitrogen and oxygen atoms in total. The van der Waals surface area contributed by atoms with E-state index in [0.29, 0.717) is 12.8 Å². The second kappa shape index (κ2) is 10.4. The summed E-state index contributed by atoms with van der Waals surface area (Å²) in [7, 11) is 1.52. The Morgan fingerprint density at radius 1 is 0.818 bits per heavy atom. The van der Waals surface area contributed by atoms with Crippen molar-refractivity contribution in [3.63, 3.8) is 0 Å². The molecule has 0 N–H and O–H groups in total. The third-order valence-corrected chi connectivity index (χ3v) is 7.20. The van der Waals surface area contributed by atoms with Crippen molar-refractivity contribution in [1.29, 1.82) is 0 Å². The highest BCUT2D eigenvalue weighted by atomic mass is 19.4. The van der Waals surface area contributed by atoms with Gasteiger partial charge in [-0.3, -0.25) is 14.3 Å². The van der Waals surface area contributed by atoms with Crippen molar-refractivity contribution >= 4 is 11.8 Å². The maximum Gasteiger partial charge on any atom is 0.522 e. The first-order chi connectivity index (χ1) is 15.4. The molecule has 0 bridgehead atoms. The molecule has 2 amide bonds. The highest BCUT2D eigenvalue weighted by Gasteiger charge is 2.46. The molecular formula is C22H33F5N2O4. The van der Waals surface area contributed by atoms with Crippen molar-refractivity contribution in [2.75, 3.05) is 20.2 Å². The molecular weight excluding hydrogens is 451 g/mol. The molecule has 3 aliphatic rings. The summed E-state index contributed by atoms with van der Waals surface area (Å²) >= 11 is 0. The van der Waals surface area contributed by atoms with E-state index in [1.165, 1.54) is 12.0 Å². The largest absolute Gasteiger partial charge is 0.522 e. The molecule has 0 aromatic rings. The highest BCUT2D eigenvalue weighted by Crippen LogP contribution is 2.36. The van der Waals surface area contributed by atoms with Crippen molar-refractivity contribution in [3.8, 4) is 0 Å². The minimum Gasteiger partial charge on any atom is -0.381 e. The van der Waals surface area contributed by atoms with E-state index in [1.807, 2.05) is 0 Å². The lowest BCUT2D eigenvalue weighted by Gasteiger charge is -2.47. The number of ether oxygens (including phenoxy) is 2. The van der Waals surface area contributed by atoms with Crippen molar-refractivity contribution < 1.29 is 41.0 Å². The van der Waals surface area contributed by atoms with Crippen LogP contribution in [0.25, 0.3) is 0 Å². The summed E-state index contributed by atoms with van der Waals surface area (Å²) in [4.78, 5) is 29.2. The summed E-state index contributed by atoms with van der Waals surface area (Å²) in [5, 5.41) is 0. The average Bonchev–Trinajstić information content (AvgIpc) is 2.71. The van der Waals surface area contributed by atoms with Crippen LogP contribution in [-0.2, 0) is 19.1 Å². The normalized spacial score (nSPS) is 38.3. The molecule has 1 heterocycles. The molecule has 33 heavy (non-hydrogen) atoms. The molecule has 0 aromatic carbocycles. The van der Waals surface area contributed by atoms with E-state index in [9.17, 15) is 31.5 Å². The fourth-order valence-corrected chi connectivity index (χ4v) is 5.59. The fraction of sp³-hybridized carbons (Fsp3) is 0.909. The zero-order valence-corrected chi connectivity index (χ0v) is 19.2. The SMILES string of the molecule is COC1CCC(C(=O)N2C[C@@H](C)N(C(=O)C3CCC(OC(F)(F)F)CC3F)[C@H](C)C2)C(F)C1. The predicted octanol–water partition coefficient (Wildman–Crippen LogP) is 3.63. The highest BCUT2D eigenvalue weighted by molar-refractivity contribution is 5.82. The van der Waals surface area contributed by atoms with E-state index in [-0.39, 0.29) is 44.4 Å². The van der Waals surface area contributed by atoms with Crippen LogP contribution in [0, 0.1) is 11.8 Å². The Balaban J connectivity index is 1.59. The molecule has 0 aromatic heterocycles. The Morgan fingerprint density at radius 3 is 1.79 bits per heavy atom. The summed E-state index contributed by atoms with van der Waals surface area (Å²) in [6.07, 6.45) is -8.75. The van der Waals surface area contributed by atoms with Crippen LogP contribution >= 0.6 is 0 Å². The lowest BCUT2D eigenvalue weighted by molar-refractivity contribution is -0.346. The smallest absolute Gasteiger partial charge is 0.381 e. The van der Waals surface area contributed by atoms with Gasteiger partial charge in [-0.25, -0.2) is 8.78 Å². The Hall–Kier alpha value is -1.49. The number of alkyl halides is 5. The van der Waals surface area contributed by atoms with Crippen LogP contribution in [0.5, 0.6) is 0 Å². The molecule has 1 aliphatic heterocycles. The van der Waals surface area contributed by atoms with Crippen molar-refractivity contribution in [2.45, 2.75) is 95.4 Å². The minimum atomic E-state index is -4.84. The third kappa shape index (κ3) is 6.15. The van der Waals surface area contributed by atoms with E-state index in [0.717, 1.165) is 0 Å². The van der Waals surface area contributed by atoms with Crippen molar-refractivity contribution in [3.05, 3.63) is 0 Å². The maximum atomic E-state index is 14.7. The Kier molecular flexibility index (Phi) is 8.24. The van der Waals surface area contributed by atoms with Crippen LogP contribution < -0.4 is 0 Å². The molecule has 0 spiro atoms. The third-order valence-electron chi connectivity index (χ3n) is 7.20. The molecule has 3 rings (SSSR count). The second-order valence-corrected chi connectivity index (χ2v) is 9.60. The summed E-state index contributed by atoms with van der Waals surface area (Å²) < 4.78 is 75.7. The number of hydrogen-bond acceptors (Lipinski definition) is 4. The zero-order chi connectivity index (χ0) is 24.5. The first-order valence-electron chi connectivity index (χ1n) is 11.6. The Bertz CT molecular complexity index is 697. The summed E-state index contributed by atoms with van der Waals surface area (Å²) in [6, 6.07) is -0.843. The number of carbonyl (C=O) groups is 2. The van der Waals surface area contributed by atoms with Gasteiger partial charge in [0.05, 0.1) is 24.0 Å². The monoisotopic (exact) mass is 484 g/mol. The number of rotatable bonds is 4. The summed E-state index contributed by atoms with van der Waals surface area (Å²) in [5.74, 6) is -2.51. The molecule has 6 unspecified atom stereocenters. The average molecular weight is 485 g/mol. The molecule has 0 radical (unpaired) electrons. The van der Waals surface area contributed by atoms with Crippen molar-refractivity contribution in [1.82, 2.24) is 9.80 Å². The van der Waals surface area contributed by atoms with Crippen LogP contribution in [0.2, 0.25) is 0 Å². The first-order valence-corrected chi connectivity index (χ1v) is 11.6. The molecule has 1 saturated heterocycles. The molecule has 2 saturated carbocycles. The van der Waals surface area contributed by atoms with Gasteiger partial charge < -0.3 is 14.5 Å². The van der Waals surface area contributed by atoms with E-state index in [4.69, 9.17) is 4.74 Å². The quantitative estimate of drug-likeness (QED) is 0.572. The lowest BCUT2D eigenvalue weighted by Crippen LogP contribution is -2.62. The number of amides is 2. The second-order valence-electron chi connectivity index (χ2n) is 9.60. The van der Waals surface area contributed by atoms with Crippen molar-refractivity contribution in [2.24, 2.45) is 11.8 Å². The Morgan fingerprint density at radius 2 is 1.30 bits per heavy atom. The van der Waals surface area contributed by atoms with E-state index >= 15 is 0 Å². The molecule has 11 heteroatoms. The summed E-state index contributed by atoms with van der Waals surface area (Å²) in [5.41, 5.74) is 0. The standard InChI is InChI=1S/C22H33F5N2O4/c1-12-10-28(20(30)16-6-4-14(32-3)8-18(16)23)11-13(2)29(12)21(31)17-7-5-15(9-19(17)24)33-22(25,26)27/h12-19H,4-11H2,1-3H3/t12-,13-,14?,15?,16?,17?,18?,19?/m1/s1. The lowest BCUT2D eigenvalue weighted by atomic mass is 9.83. The Labute approximate surface area is 190 Å².